The number of hydrogen-bond acceptors (Lipinski definition) is 8. The van der Waals surface area contributed by atoms with Gasteiger partial charge in [-0.25, -0.2) is 0 Å². The minimum atomic E-state index is -0.431. The largest absolute Gasteiger partial charge is 0.378 e. The molecule has 1 atom stereocenters. The van der Waals surface area contributed by atoms with E-state index in [-0.39, 0.29) is 5.91 Å². The highest BCUT2D eigenvalue weighted by atomic mass is 35.5. The number of halogens is 2. The van der Waals surface area contributed by atoms with Crippen LogP contribution in [0.3, 0.4) is 0 Å². The van der Waals surface area contributed by atoms with Crippen molar-refractivity contribution in [3.8, 4) is 0 Å². The van der Waals surface area contributed by atoms with Gasteiger partial charge in [-0.05, 0) is 25.1 Å². The Kier molecular flexibility index (Phi) is 7.17. The van der Waals surface area contributed by atoms with E-state index in [4.69, 9.17) is 27.9 Å². The highest BCUT2D eigenvalue weighted by Crippen LogP contribution is 2.27. The second-order valence-electron chi connectivity index (χ2n) is 5.97. The maximum atomic E-state index is 12.5. The lowest BCUT2D eigenvalue weighted by Crippen LogP contribution is -2.37. The molecule has 1 aromatic carbocycles. The van der Waals surface area contributed by atoms with E-state index in [1.807, 2.05) is 4.90 Å². The van der Waals surface area contributed by atoms with Crippen LogP contribution in [0.4, 0.5) is 17.6 Å². The van der Waals surface area contributed by atoms with Crippen LogP contribution in [0.15, 0.2) is 23.4 Å². The van der Waals surface area contributed by atoms with Crippen LogP contribution in [-0.2, 0) is 9.53 Å². The van der Waals surface area contributed by atoms with Gasteiger partial charge in [-0.1, -0.05) is 35.0 Å². The topological polar surface area (TPSA) is 92.3 Å². The number of nitrogens with one attached hydrogen (secondary N) is 2. The van der Waals surface area contributed by atoms with Crippen molar-refractivity contribution in [2.24, 2.45) is 0 Å². The van der Waals surface area contributed by atoms with Crippen molar-refractivity contribution >= 4 is 58.5 Å². The van der Waals surface area contributed by atoms with Gasteiger partial charge in [0.25, 0.3) is 0 Å². The fourth-order valence-electron chi connectivity index (χ4n) is 2.44. The summed E-state index contributed by atoms with van der Waals surface area (Å²) in [6.07, 6.45) is 0. The van der Waals surface area contributed by atoms with E-state index >= 15 is 0 Å². The fourth-order valence-corrected chi connectivity index (χ4v) is 3.50. The van der Waals surface area contributed by atoms with Crippen LogP contribution in [0.1, 0.15) is 6.92 Å². The number of hydrogen-bond donors (Lipinski definition) is 2. The number of nitrogens with zero attached hydrogens (tertiary/aromatic N) is 4. The molecule has 0 bridgehead atoms. The van der Waals surface area contributed by atoms with Crippen molar-refractivity contribution in [1.29, 1.82) is 0 Å². The Bertz CT molecular complexity index is 850. The maximum absolute atomic E-state index is 12.5. The van der Waals surface area contributed by atoms with E-state index < -0.39 is 5.25 Å². The van der Waals surface area contributed by atoms with Gasteiger partial charge in [0, 0.05) is 25.8 Å². The Morgan fingerprint density at radius 1 is 1.21 bits per heavy atom. The predicted octanol–water partition coefficient (Wildman–Crippen LogP) is 3.18. The molecule has 0 radical (unpaired) electrons. The zero-order valence-electron chi connectivity index (χ0n) is 15.4. The van der Waals surface area contributed by atoms with E-state index in [9.17, 15) is 4.79 Å². The molecule has 1 aromatic heterocycles. The van der Waals surface area contributed by atoms with E-state index in [2.05, 4.69) is 25.6 Å². The number of aromatic nitrogens is 3. The summed E-state index contributed by atoms with van der Waals surface area (Å²) >= 11 is 13.2. The van der Waals surface area contributed by atoms with Gasteiger partial charge in [-0.15, -0.1) is 0 Å². The first-order chi connectivity index (χ1) is 13.5. The minimum absolute atomic E-state index is 0.192. The zero-order chi connectivity index (χ0) is 20.1. The Balaban J connectivity index is 1.70. The number of ether oxygens (including phenoxy) is 1. The van der Waals surface area contributed by atoms with Crippen LogP contribution in [0.25, 0.3) is 0 Å². The van der Waals surface area contributed by atoms with Gasteiger partial charge < -0.3 is 20.3 Å². The second kappa shape index (κ2) is 9.60. The summed E-state index contributed by atoms with van der Waals surface area (Å²) in [6, 6.07) is 4.94. The van der Waals surface area contributed by atoms with Crippen LogP contribution >= 0.6 is 35.0 Å². The molecule has 2 heterocycles. The first-order valence-electron chi connectivity index (χ1n) is 8.65. The molecule has 8 nitrogen and oxygen atoms in total. The number of carbonyl (C=O) groups excluding carboxylic acids is 1. The average Bonchev–Trinajstić information content (AvgIpc) is 2.71. The first-order valence-corrected chi connectivity index (χ1v) is 10.3. The lowest BCUT2D eigenvalue weighted by Gasteiger charge is -2.27. The average molecular weight is 443 g/mol. The number of anilines is 3. The predicted molar refractivity (Wildman–Crippen MR) is 113 cm³/mol. The van der Waals surface area contributed by atoms with Gasteiger partial charge in [0.2, 0.25) is 17.8 Å². The van der Waals surface area contributed by atoms with Crippen LogP contribution in [-0.4, -0.2) is 59.5 Å². The number of thioether (sulfide) groups is 1. The molecule has 1 aliphatic heterocycles. The van der Waals surface area contributed by atoms with Crippen molar-refractivity contribution < 1.29 is 9.53 Å². The Labute approximate surface area is 177 Å². The van der Waals surface area contributed by atoms with E-state index in [0.717, 1.165) is 0 Å². The Hall–Kier alpha value is -1.81. The maximum Gasteiger partial charge on any atom is 0.237 e. The van der Waals surface area contributed by atoms with Gasteiger partial charge in [0.05, 0.1) is 28.5 Å². The number of carbonyl (C=O) groups is 1. The molecule has 1 saturated heterocycles. The molecule has 0 aliphatic carbocycles. The number of benzene rings is 1. The van der Waals surface area contributed by atoms with E-state index in [1.165, 1.54) is 11.8 Å². The van der Waals surface area contributed by atoms with Gasteiger partial charge in [-0.2, -0.15) is 15.0 Å². The normalized spacial score (nSPS) is 15.2. The molecule has 11 heteroatoms. The third-order valence-electron chi connectivity index (χ3n) is 3.96. The van der Waals surface area contributed by atoms with Crippen LogP contribution in [0.5, 0.6) is 0 Å². The van der Waals surface area contributed by atoms with Crippen molar-refractivity contribution in [1.82, 2.24) is 15.0 Å². The summed E-state index contributed by atoms with van der Waals surface area (Å²) in [7, 11) is 1.74. The summed E-state index contributed by atoms with van der Waals surface area (Å²) < 4.78 is 5.37. The molecular formula is C17H20Cl2N6O2S. The smallest absolute Gasteiger partial charge is 0.237 e. The van der Waals surface area contributed by atoms with Crippen molar-refractivity contribution in [3.05, 3.63) is 28.2 Å². The highest BCUT2D eigenvalue weighted by molar-refractivity contribution is 8.00. The molecule has 0 saturated carbocycles. The molecule has 1 amide bonds. The van der Waals surface area contributed by atoms with Crippen molar-refractivity contribution in [2.45, 2.75) is 17.3 Å². The standard InChI is InChI=1S/C17H20Cl2N6O2S/c1-10(14(26)21-11-3-4-12(18)13(19)9-11)28-17-23-15(20-2)22-16(24-17)25-5-7-27-8-6-25/h3-4,9-10H,5-8H2,1-2H3,(H,21,26)(H,20,22,23,24)/t10-/m0/s1. The van der Waals surface area contributed by atoms with Gasteiger partial charge in [0.1, 0.15) is 0 Å². The molecule has 0 spiro atoms. The van der Waals surface area contributed by atoms with E-state index in [0.29, 0.717) is 59.1 Å². The van der Waals surface area contributed by atoms with Gasteiger partial charge in [0.15, 0.2) is 5.16 Å². The number of rotatable bonds is 6. The van der Waals surface area contributed by atoms with Crippen molar-refractivity contribution in [2.75, 3.05) is 48.9 Å². The van der Waals surface area contributed by atoms with E-state index in [1.54, 1.807) is 32.2 Å². The van der Waals surface area contributed by atoms with Crippen molar-refractivity contribution in [3.63, 3.8) is 0 Å². The molecule has 150 valence electrons. The molecule has 28 heavy (non-hydrogen) atoms. The second-order valence-corrected chi connectivity index (χ2v) is 8.09. The summed E-state index contributed by atoms with van der Waals surface area (Å²) in [6.45, 7) is 4.47. The lowest BCUT2D eigenvalue weighted by atomic mass is 10.3. The number of morpholine rings is 1. The van der Waals surface area contributed by atoms with Gasteiger partial charge >= 0.3 is 0 Å². The third-order valence-corrected chi connectivity index (χ3v) is 5.66. The molecule has 2 aromatic rings. The van der Waals surface area contributed by atoms with Gasteiger partial charge in [-0.3, -0.25) is 4.79 Å². The Morgan fingerprint density at radius 2 is 1.96 bits per heavy atom. The molecule has 0 unspecified atom stereocenters. The minimum Gasteiger partial charge on any atom is -0.378 e. The SMILES string of the molecule is CNc1nc(S[C@@H](C)C(=O)Nc2ccc(Cl)c(Cl)c2)nc(N2CCOCC2)n1. The quantitative estimate of drug-likeness (QED) is 0.658. The van der Waals surface area contributed by atoms with Crippen LogP contribution in [0.2, 0.25) is 10.0 Å². The zero-order valence-corrected chi connectivity index (χ0v) is 17.7. The molecule has 1 fully saturated rings. The lowest BCUT2D eigenvalue weighted by molar-refractivity contribution is -0.115. The molecule has 1 aliphatic rings. The van der Waals surface area contributed by atoms with Crippen LogP contribution < -0.4 is 15.5 Å². The fraction of sp³-hybridized carbons (Fsp3) is 0.412. The Morgan fingerprint density at radius 3 is 2.64 bits per heavy atom. The summed E-state index contributed by atoms with van der Waals surface area (Å²) in [5.74, 6) is 0.834. The monoisotopic (exact) mass is 442 g/mol. The van der Waals surface area contributed by atoms with Crippen LogP contribution in [0, 0.1) is 0 Å². The first kappa shape index (κ1) is 20.9. The molecular weight excluding hydrogens is 423 g/mol. The third kappa shape index (κ3) is 5.38. The summed E-state index contributed by atoms with van der Waals surface area (Å²) in [5.41, 5.74) is 0.576. The highest BCUT2D eigenvalue weighted by Gasteiger charge is 2.20. The number of amides is 1. The summed E-state index contributed by atoms with van der Waals surface area (Å²) in [4.78, 5) is 27.8. The summed E-state index contributed by atoms with van der Waals surface area (Å²) in [5, 5.41) is 6.61. The molecule has 3 rings (SSSR count). The molecule has 2 N–H and O–H groups in total.